The molecule has 1 aromatic carbocycles. The molecule has 3 rings (SSSR count). The Morgan fingerprint density at radius 3 is 2.69 bits per heavy atom. The van der Waals surface area contributed by atoms with E-state index in [-0.39, 0.29) is 23.9 Å². The lowest BCUT2D eigenvalue weighted by molar-refractivity contribution is -0.153. The number of carbonyl (C=O) groups is 2. The van der Waals surface area contributed by atoms with Crippen molar-refractivity contribution in [2.75, 3.05) is 32.7 Å². The van der Waals surface area contributed by atoms with Crippen LogP contribution in [0.2, 0.25) is 0 Å². The molecule has 2 amide bonds. The minimum absolute atomic E-state index is 0.0192. The van der Waals surface area contributed by atoms with Crippen molar-refractivity contribution in [2.45, 2.75) is 25.0 Å². The zero-order valence-electron chi connectivity index (χ0n) is 17.8. The van der Waals surface area contributed by atoms with Crippen molar-refractivity contribution in [2.24, 2.45) is 5.92 Å². The Hall–Kier alpha value is -3.06. The molecule has 1 fully saturated rings. The number of carbonyl (C=O) groups excluding carboxylic acids is 2. The van der Waals surface area contributed by atoms with Crippen LogP contribution in [-0.4, -0.2) is 71.9 Å². The lowest BCUT2D eigenvalue weighted by atomic mass is 9.80. The second-order valence-corrected chi connectivity index (χ2v) is 8.01. The van der Waals surface area contributed by atoms with E-state index in [4.69, 9.17) is 0 Å². The molecule has 1 aromatic rings. The minimum Gasteiger partial charge on any atom is -0.380 e. The summed E-state index contributed by atoms with van der Waals surface area (Å²) in [6, 6.07) is 6.16. The van der Waals surface area contributed by atoms with Crippen molar-refractivity contribution in [1.29, 1.82) is 5.26 Å². The molecule has 1 heterocycles. The number of aliphatic hydroxyl groups is 2. The van der Waals surface area contributed by atoms with Crippen molar-refractivity contribution in [3.05, 3.63) is 58.9 Å². The Bertz CT molecular complexity index is 965. The quantitative estimate of drug-likeness (QED) is 0.498. The van der Waals surface area contributed by atoms with Gasteiger partial charge in [0.25, 0.3) is 11.8 Å². The first-order valence-corrected chi connectivity index (χ1v) is 10.5. The zero-order valence-corrected chi connectivity index (χ0v) is 17.8. The SMILES string of the molecule is CC1C=C(CNC(=O)[C@H](O)[C@@H](O)C(=O)N2CCNCC2)C=CC1c1ccc(F)cc1C#N. The van der Waals surface area contributed by atoms with E-state index in [2.05, 4.69) is 10.6 Å². The number of nitrogens with one attached hydrogen (secondary N) is 2. The first-order chi connectivity index (χ1) is 15.3. The maximum atomic E-state index is 13.4. The van der Waals surface area contributed by atoms with E-state index in [0.717, 1.165) is 11.1 Å². The molecule has 4 N–H and O–H groups in total. The van der Waals surface area contributed by atoms with Crippen LogP contribution < -0.4 is 10.6 Å². The smallest absolute Gasteiger partial charge is 0.254 e. The number of aliphatic hydroxyl groups excluding tert-OH is 2. The van der Waals surface area contributed by atoms with Gasteiger partial charge in [0.2, 0.25) is 0 Å². The summed E-state index contributed by atoms with van der Waals surface area (Å²) >= 11 is 0. The molecule has 1 saturated heterocycles. The van der Waals surface area contributed by atoms with Crippen LogP contribution in [0.1, 0.15) is 24.0 Å². The molecule has 0 bridgehead atoms. The van der Waals surface area contributed by atoms with Crippen molar-refractivity contribution >= 4 is 11.8 Å². The Morgan fingerprint density at radius 1 is 1.31 bits per heavy atom. The number of amides is 2. The van der Waals surface area contributed by atoms with Gasteiger partial charge >= 0.3 is 0 Å². The Labute approximate surface area is 186 Å². The van der Waals surface area contributed by atoms with Crippen LogP contribution in [-0.2, 0) is 9.59 Å². The highest BCUT2D eigenvalue weighted by atomic mass is 19.1. The molecule has 170 valence electrons. The fourth-order valence-corrected chi connectivity index (χ4v) is 3.96. The highest BCUT2D eigenvalue weighted by Gasteiger charge is 2.33. The first-order valence-electron chi connectivity index (χ1n) is 10.5. The van der Waals surface area contributed by atoms with Gasteiger partial charge in [0.05, 0.1) is 11.6 Å². The molecule has 0 radical (unpaired) electrons. The lowest BCUT2D eigenvalue weighted by Crippen LogP contribution is -2.55. The number of hydrogen-bond acceptors (Lipinski definition) is 6. The third-order valence-corrected chi connectivity index (χ3v) is 5.77. The number of halogens is 1. The van der Waals surface area contributed by atoms with Gasteiger partial charge < -0.3 is 25.7 Å². The van der Waals surface area contributed by atoms with E-state index in [1.54, 1.807) is 12.1 Å². The fourth-order valence-electron chi connectivity index (χ4n) is 3.96. The second kappa shape index (κ2) is 10.5. The normalized spacial score (nSPS) is 22.5. The van der Waals surface area contributed by atoms with E-state index >= 15 is 0 Å². The third-order valence-electron chi connectivity index (χ3n) is 5.77. The van der Waals surface area contributed by atoms with Gasteiger partial charge in [-0.25, -0.2) is 4.39 Å². The summed E-state index contributed by atoms with van der Waals surface area (Å²) in [5, 5.41) is 35.2. The van der Waals surface area contributed by atoms with E-state index in [1.807, 2.05) is 25.1 Å². The molecule has 1 aliphatic carbocycles. The van der Waals surface area contributed by atoms with Crippen LogP contribution >= 0.6 is 0 Å². The first kappa shape index (κ1) is 23.6. The zero-order chi connectivity index (χ0) is 23.3. The standard InChI is InChI=1S/C23H27FN4O4/c1-14-10-15(2-4-18(14)19-5-3-17(24)11-16(19)12-25)13-27-22(31)20(29)21(30)23(32)28-8-6-26-7-9-28/h2-5,10-11,14,18,20-21,26,29-30H,6-9,13H2,1H3,(H,27,31)/t14?,18?,20-,21-/m1/s1. The maximum Gasteiger partial charge on any atom is 0.254 e. The molecule has 32 heavy (non-hydrogen) atoms. The minimum atomic E-state index is -1.87. The molecular weight excluding hydrogens is 415 g/mol. The van der Waals surface area contributed by atoms with Gasteiger partial charge in [-0.1, -0.05) is 31.2 Å². The summed E-state index contributed by atoms with van der Waals surface area (Å²) in [7, 11) is 0. The van der Waals surface area contributed by atoms with Gasteiger partial charge in [-0.05, 0) is 29.2 Å². The molecule has 0 saturated carbocycles. The average molecular weight is 442 g/mol. The van der Waals surface area contributed by atoms with Crippen LogP contribution in [0.15, 0.2) is 42.0 Å². The largest absolute Gasteiger partial charge is 0.380 e. The Balaban J connectivity index is 1.56. The van der Waals surface area contributed by atoms with Crippen LogP contribution in [0.3, 0.4) is 0 Å². The fraction of sp³-hybridized carbons (Fsp3) is 0.435. The van der Waals surface area contributed by atoms with Crippen molar-refractivity contribution in [3.8, 4) is 6.07 Å². The van der Waals surface area contributed by atoms with Gasteiger partial charge in [0, 0.05) is 38.6 Å². The maximum absolute atomic E-state index is 13.4. The molecule has 0 spiro atoms. The van der Waals surface area contributed by atoms with Crippen molar-refractivity contribution in [1.82, 2.24) is 15.5 Å². The van der Waals surface area contributed by atoms with E-state index in [0.29, 0.717) is 26.2 Å². The Kier molecular flexibility index (Phi) is 7.75. The number of nitrogens with zero attached hydrogens (tertiary/aromatic N) is 2. The molecular formula is C23H27FN4O4. The van der Waals surface area contributed by atoms with E-state index in [1.165, 1.54) is 17.0 Å². The lowest BCUT2D eigenvalue weighted by Gasteiger charge is -2.30. The molecule has 2 unspecified atom stereocenters. The average Bonchev–Trinajstić information content (AvgIpc) is 2.81. The van der Waals surface area contributed by atoms with E-state index in [9.17, 15) is 29.5 Å². The number of piperazine rings is 1. The molecule has 4 atom stereocenters. The van der Waals surface area contributed by atoms with Gasteiger partial charge in [0.1, 0.15) is 5.82 Å². The summed E-state index contributed by atoms with van der Waals surface area (Å²) < 4.78 is 13.4. The number of allylic oxidation sites excluding steroid dienone is 2. The predicted molar refractivity (Wildman–Crippen MR) is 115 cm³/mol. The predicted octanol–water partition coefficient (Wildman–Crippen LogP) is 0.183. The van der Waals surface area contributed by atoms with Gasteiger partial charge in [0.15, 0.2) is 12.2 Å². The van der Waals surface area contributed by atoms with Gasteiger partial charge in [-0.2, -0.15) is 5.26 Å². The summed E-state index contributed by atoms with van der Waals surface area (Å²) in [6.45, 7) is 4.05. The van der Waals surface area contributed by atoms with Crippen LogP contribution in [0, 0.1) is 23.1 Å². The summed E-state index contributed by atoms with van der Waals surface area (Å²) in [4.78, 5) is 26.0. The topological polar surface area (TPSA) is 126 Å². The molecule has 8 nitrogen and oxygen atoms in total. The molecule has 2 aliphatic rings. The number of benzene rings is 1. The number of hydrogen-bond donors (Lipinski definition) is 4. The van der Waals surface area contributed by atoms with Crippen LogP contribution in [0.5, 0.6) is 0 Å². The highest BCUT2D eigenvalue weighted by molar-refractivity contribution is 5.90. The monoisotopic (exact) mass is 442 g/mol. The van der Waals surface area contributed by atoms with Crippen LogP contribution in [0.25, 0.3) is 0 Å². The van der Waals surface area contributed by atoms with Crippen molar-refractivity contribution in [3.63, 3.8) is 0 Å². The summed E-state index contributed by atoms with van der Waals surface area (Å²) in [5.41, 5.74) is 1.78. The molecule has 1 aliphatic heterocycles. The molecule has 0 aromatic heterocycles. The molecule has 9 heteroatoms. The number of nitriles is 1. The van der Waals surface area contributed by atoms with Crippen molar-refractivity contribution < 1.29 is 24.2 Å². The number of rotatable bonds is 6. The van der Waals surface area contributed by atoms with Gasteiger partial charge in [-0.15, -0.1) is 0 Å². The summed E-state index contributed by atoms with van der Waals surface area (Å²) in [6.07, 6.45) is 1.91. The Morgan fingerprint density at radius 2 is 2.03 bits per heavy atom. The highest BCUT2D eigenvalue weighted by Crippen LogP contribution is 2.33. The third kappa shape index (κ3) is 5.40. The second-order valence-electron chi connectivity index (χ2n) is 8.01. The van der Waals surface area contributed by atoms with Gasteiger partial charge in [-0.3, -0.25) is 9.59 Å². The van der Waals surface area contributed by atoms with E-state index < -0.39 is 29.8 Å². The van der Waals surface area contributed by atoms with Crippen LogP contribution in [0.4, 0.5) is 4.39 Å². The summed E-state index contributed by atoms with van der Waals surface area (Å²) in [5.74, 6) is -2.11.